The molecule has 0 aliphatic carbocycles. The van der Waals surface area contributed by atoms with Crippen LogP contribution < -0.4 is 0 Å². The highest BCUT2D eigenvalue weighted by Crippen LogP contribution is 2.27. The van der Waals surface area contributed by atoms with Crippen molar-refractivity contribution in [2.75, 3.05) is 46.3 Å². The summed E-state index contributed by atoms with van der Waals surface area (Å²) in [6.45, 7) is 9.60. The van der Waals surface area contributed by atoms with E-state index in [0.29, 0.717) is 44.6 Å². The minimum atomic E-state index is -3.54. The number of nitrogens with zero attached hydrogens (tertiary/aromatic N) is 3. The molecule has 1 aromatic carbocycles. The van der Waals surface area contributed by atoms with Crippen LogP contribution in [0.2, 0.25) is 0 Å². The molecule has 232 valence electrons. The van der Waals surface area contributed by atoms with Crippen LogP contribution in [0.25, 0.3) is 6.08 Å². The first-order valence-electron chi connectivity index (χ1n) is 14.9. The number of sulfonamides is 1. The second-order valence-corrected chi connectivity index (χ2v) is 13.9. The first-order valence-corrected chi connectivity index (χ1v) is 16.4. The van der Waals surface area contributed by atoms with Crippen molar-refractivity contribution in [3.8, 4) is 0 Å². The van der Waals surface area contributed by atoms with Crippen molar-refractivity contribution in [2.24, 2.45) is 11.8 Å². The van der Waals surface area contributed by atoms with E-state index in [2.05, 4.69) is 4.90 Å². The highest BCUT2D eigenvalue weighted by molar-refractivity contribution is 7.89. The molecule has 2 saturated heterocycles. The summed E-state index contributed by atoms with van der Waals surface area (Å²) in [7, 11) is -1.51. The third-order valence-electron chi connectivity index (χ3n) is 8.41. The summed E-state index contributed by atoms with van der Waals surface area (Å²) in [5.41, 5.74) is 1.41. The number of cyclic esters (lactones) is 1. The number of aliphatic hydroxyl groups excluding tert-OH is 1. The maximum absolute atomic E-state index is 13.0. The van der Waals surface area contributed by atoms with Crippen LogP contribution in [-0.2, 0) is 24.3 Å². The number of rotatable bonds is 5. The summed E-state index contributed by atoms with van der Waals surface area (Å²) in [6, 6.07) is 6.75. The van der Waals surface area contributed by atoms with Gasteiger partial charge < -0.3 is 24.4 Å². The van der Waals surface area contributed by atoms with E-state index in [0.717, 1.165) is 25.1 Å². The SMILES string of the molecule is C/C(=C\c1cccc(S(=O)(=O)N2CCC2)c1)[C@H]1OC(=O)C[C@H](O)CC[C@H](C)[C@@H](OC(=O)N2CCN(C)CC2)/C=C\[C@@H]1C. The molecule has 4 rings (SSSR count). The van der Waals surface area contributed by atoms with Crippen LogP contribution in [-0.4, -0.2) is 104 Å². The Morgan fingerprint density at radius 2 is 1.79 bits per heavy atom. The Bertz CT molecular complexity index is 1270. The summed E-state index contributed by atoms with van der Waals surface area (Å²) in [5.74, 6) is -0.853. The van der Waals surface area contributed by atoms with Gasteiger partial charge in [-0.25, -0.2) is 13.2 Å². The van der Waals surface area contributed by atoms with Crippen molar-refractivity contribution in [1.29, 1.82) is 0 Å². The molecule has 0 bridgehead atoms. The molecule has 1 N–H and O–H groups in total. The lowest BCUT2D eigenvalue weighted by Gasteiger charge is -2.33. The fourth-order valence-electron chi connectivity index (χ4n) is 5.42. The average Bonchev–Trinajstić information content (AvgIpc) is 2.91. The monoisotopic (exact) mass is 603 g/mol. The lowest BCUT2D eigenvalue weighted by molar-refractivity contribution is -0.151. The second kappa shape index (κ2) is 14.2. The van der Waals surface area contributed by atoms with Crippen LogP contribution in [0.1, 0.15) is 52.0 Å². The number of piperazine rings is 1. The molecule has 2 fully saturated rings. The van der Waals surface area contributed by atoms with Crippen LogP contribution in [0.4, 0.5) is 4.79 Å². The standard InChI is InChI=1S/C31H45N3O7S/c1-22-9-11-26(35)21-29(36)41-30(23(2)10-12-28(22)40-31(37)33-17-15-32(4)16-18-33)24(3)19-25-7-5-8-27(20-25)42(38,39)34-13-6-14-34/h5,7-8,10,12,19-20,22-23,26,28,30,35H,6,9,11,13-18,21H2,1-4H3/b12-10-,24-19+/t22-,23-,26+,28-,30-/m0/s1. The van der Waals surface area contributed by atoms with Gasteiger partial charge in [-0.2, -0.15) is 4.31 Å². The topological polar surface area (TPSA) is 117 Å². The van der Waals surface area contributed by atoms with Crippen LogP contribution in [0.5, 0.6) is 0 Å². The molecule has 5 atom stereocenters. The van der Waals surface area contributed by atoms with E-state index < -0.39 is 34.3 Å². The van der Waals surface area contributed by atoms with Gasteiger partial charge in [-0.3, -0.25) is 4.79 Å². The molecule has 0 unspecified atom stereocenters. The van der Waals surface area contributed by atoms with Crippen molar-refractivity contribution in [2.45, 2.75) is 69.7 Å². The highest BCUT2D eigenvalue weighted by Gasteiger charge is 2.31. The Balaban J connectivity index is 1.56. The predicted octanol–water partition coefficient (Wildman–Crippen LogP) is 3.52. The summed E-state index contributed by atoms with van der Waals surface area (Å²) < 4.78 is 39.1. The number of benzene rings is 1. The molecule has 1 amide bonds. The van der Waals surface area contributed by atoms with Gasteiger partial charge in [0.05, 0.1) is 17.4 Å². The zero-order valence-corrected chi connectivity index (χ0v) is 26.0. The van der Waals surface area contributed by atoms with Crippen molar-refractivity contribution >= 4 is 28.2 Å². The fourth-order valence-corrected chi connectivity index (χ4v) is 6.99. The van der Waals surface area contributed by atoms with Crippen LogP contribution in [0.15, 0.2) is 46.9 Å². The molecule has 3 aliphatic heterocycles. The van der Waals surface area contributed by atoms with E-state index in [1.807, 2.05) is 52.1 Å². The van der Waals surface area contributed by atoms with E-state index >= 15 is 0 Å². The van der Waals surface area contributed by atoms with E-state index in [9.17, 15) is 23.1 Å². The first kappa shape index (κ1) is 32.2. The molecular formula is C31H45N3O7S. The number of hydrogen-bond donors (Lipinski definition) is 1. The number of carbonyl (C=O) groups excluding carboxylic acids is 2. The molecule has 1 aromatic rings. The number of likely N-dealkylation sites (N-methyl/N-ethyl adjacent to an activating group) is 1. The van der Waals surface area contributed by atoms with Crippen molar-refractivity contribution in [3.05, 3.63) is 47.6 Å². The maximum Gasteiger partial charge on any atom is 0.410 e. The molecule has 0 spiro atoms. The quantitative estimate of drug-likeness (QED) is 0.402. The van der Waals surface area contributed by atoms with Gasteiger partial charge in [-0.1, -0.05) is 38.1 Å². The first-order chi connectivity index (χ1) is 19.9. The van der Waals surface area contributed by atoms with Crippen molar-refractivity contribution in [3.63, 3.8) is 0 Å². The Morgan fingerprint density at radius 3 is 2.45 bits per heavy atom. The fraction of sp³-hybridized carbons (Fsp3) is 0.613. The van der Waals surface area contributed by atoms with Gasteiger partial charge in [0.1, 0.15) is 12.2 Å². The average molecular weight is 604 g/mol. The van der Waals surface area contributed by atoms with Gasteiger partial charge in [0.2, 0.25) is 10.0 Å². The van der Waals surface area contributed by atoms with E-state index in [1.54, 1.807) is 23.1 Å². The zero-order chi connectivity index (χ0) is 30.4. The predicted molar refractivity (Wildman–Crippen MR) is 160 cm³/mol. The van der Waals surface area contributed by atoms with Gasteiger partial charge in [-0.05, 0) is 68.5 Å². The number of esters is 1. The van der Waals surface area contributed by atoms with Gasteiger partial charge in [0, 0.05) is 45.2 Å². The lowest BCUT2D eigenvalue weighted by atomic mass is 9.91. The largest absolute Gasteiger partial charge is 0.457 e. The molecule has 0 aromatic heterocycles. The van der Waals surface area contributed by atoms with Crippen LogP contribution >= 0.6 is 0 Å². The zero-order valence-electron chi connectivity index (χ0n) is 25.1. The number of amides is 1. The third kappa shape index (κ3) is 8.21. The number of ether oxygens (including phenoxy) is 2. The summed E-state index contributed by atoms with van der Waals surface area (Å²) in [6.07, 6.45) is 4.89. The van der Waals surface area contributed by atoms with Gasteiger partial charge in [0.15, 0.2) is 0 Å². The Kier molecular flexibility index (Phi) is 10.9. The van der Waals surface area contributed by atoms with Crippen molar-refractivity contribution < 1.29 is 32.6 Å². The van der Waals surface area contributed by atoms with E-state index in [-0.39, 0.29) is 29.2 Å². The summed E-state index contributed by atoms with van der Waals surface area (Å²) in [4.78, 5) is 29.9. The summed E-state index contributed by atoms with van der Waals surface area (Å²) in [5, 5.41) is 10.6. The van der Waals surface area contributed by atoms with Gasteiger partial charge >= 0.3 is 12.1 Å². The minimum Gasteiger partial charge on any atom is -0.457 e. The van der Waals surface area contributed by atoms with Gasteiger partial charge in [-0.15, -0.1) is 0 Å². The van der Waals surface area contributed by atoms with Crippen LogP contribution in [0.3, 0.4) is 0 Å². The summed E-state index contributed by atoms with van der Waals surface area (Å²) >= 11 is 0. The van der Waals surface area contributed by atoms with E-state index in [4.69, 9.17) is 9.47 Å². The Morgan fingerprint density at radius 1 is 1.07 bits per heavy atom. The molecular weight excluding hydrogens is 558 g/mol. The molecule has 3 heterocycles. The van der Waals surface area contributed by atoms with Gasteiger partial charge in [0.25, 0.3) is 0 Å². The molecule has 11 heteroatoms. The number of hydrogen-bond acceptors (Lipinski definition) is 8. The normalized spacial score (nSPS) is 29.9. The smallest absolute Gasteiger partial charge is 0.410 e. The third-order valence-corrected chi connectivity index (χ3v) is 10.3. The number of aliphatic hydroxyl groups is 1. The molecule has 0 saturated carbocycles. The Hall–Kier alpha value is -2.73. The molecule has 10 nitrogen and oxygen atoms in total. The van der Waals surface area contributed by atoms with Crippen LogP contribution in [0, 0.1) is 11.8 Å². The Labute approximate surface area is 250 Å². The maximum atomic E-state index is 13.0. The number of carbonyl (C=O) groups is 2. The van der Waals surface area contributed by atoms with E-state index in [1.165, 1.54) is 4.31 Å². The molecule has 42 heavy (non-hydrogen) atoms. The molecule has 3 aliphatic rings. The second-order valence-electron chi connectivity index (χ2n) is 11.9. The lowest BCUT2D eigenvalue weighted by Crippen LogP contribution is -2.48. The highest BCUT2D eigenvalue weighted by atomic mass is 32.2. The van der Waals surface area contributed by atoms with Crippen molar-refractivity contribution in [1.82, 2.24) is 14.1 Å². The molecule has 0 radical (unpaired) electrons. The minimum absolute atomic E-state index is 0.0684.